The van der Waals surface area contributed by atoms with Gasteiger partial charge >= 0.3 is 0 Å². The molecule has 1 aromatic rings. The molecule has 0 aromatic heterocycles. The third-order valence-electron chi connectivity index (χ3n) is 1.62. The van der Waals surface area contributed by atoms with Crippen LogP contribution in [0.3, 0.4) is 0 Å². The summed E-state index contributed by atoms with van der Waals surface area (Å²) < 4.78 is 26.0. The first-order chi connectivity index (χ1) is 6.88. The normalized spacial score (nSPS) is 17.3. The maximum atomic E-state index is 7.03. The lowest BCUT2D eigenvalue weighted by molar-refractivity contribution is 0.408. The minimum Gasteiger partial charge on any atom is -0.496 e. The van der Waals surface area contributed by atoms with Crippen LogP contribution in [-0.4, -0.2) is 13.1 Å². The van der Waals surface area contributed by atoms with Crippen LogP contribution in [0.15, 0.2) is 24.3 Å². The van der Waals surface area contributed by atoms with Gasteiger partial charge in [-0.1, -0.05) is 18.2 Å². The molecule has 0 saturated heterocycles. The van der Waals surface area contributed by atoms with Gasteiger partial charge in [0, 0.05) is 6.04 Å². The number of para-hydroxylation sites is 1. The molecule has 66 valence electrons. The highest BCUT2D eigenvalue weighted by Gasteiger charge is 2.02. The summed E-state index contributed by atoms with van der Waals surface area (Å²) >= 11 is 0. The van der Waals surface area contributed by atoms with Crippen molar-refractivity contribution in [3.05, 3.63) is 29.8 Å². The van der Waals surface area contributed by atoms with Crippen molar-refractivity contribution in [3.8, 4) is 5.75 Å². The van der Waals surface area contributed by atoms with Crippen molar-refractivity contribution in [1.29, 1.82) is 0 Å². The predicted octanol–water partition coefficient (Wildman–Crippen LogP) is 1.58. The molecular weight excluding hydrogens is 150 g/mol. The lowest BCUT2D eigenvalue weighted by Crippen LogP contribution is -2.18. The van der Waals surface area contributed by atoms with E-state index in [0.29, 0.717) is 12.2 Å². The highest BCUT2D eigenvalue weighted by Crippen LogP contribution is 2.18. The average molecular weight is 168 g/mol. The van der Waals surface area contributed by atoms with Crippen molar-refractivity contribution in [2.45, 2.75) is 19.4 Å². The maximum absolute atomic E-state index is 7.03. The fourth-order valence-electron chi connectivity index (χ4n) is 1.12. The fraction of sp³-hybridized carbons (Fsp3) is 0.400. The third-order valence-corrected chi connectivity index (χ3v) is 1.62. The summed E-state index contributed by atoms with van der Waals surface area (Å²) in [5, 5.41) is 0. The fourth-order valence-corrected chi connectivity index (χ4v) is 1.12. The van der Waals surface area contributed by atoms with Crippen LogP contribution in [0.5, 0.6) is 5.75 Å². The summed E-state index contributed by atoms with van der Waals surface area (Å²) in [6.45, 7) is 1.87. The summed E-state index contributed by atoms with van der Waals surface area (Å²) in [6.07, 6.45) is 0.603. The molecule has 2 heteroatoms. The number of hydrogen-bond acceptors (Lipinski definition) is 2. The zero-order chi connectivity index (χ0) is 11.5. The van der Waals surface area contributed by atoms with E-state index in [4.69, 9.17) is 14.6 Å². The molecule has 0 spiro atoms. The molecule has 1 unspecified atom stereocenters. The molecule has 0 radical (unpaired) electrons. The Labute approximate surface area is 77.6 Å². The minimum atomic E-state index is -2.41. The van der Waals surface area contributed by atoms with Crippen LogP contribution >= 0.6 is 0 Å². The SMILES string of the molecule is [2H]C([2H])([2H])Oc1ccccc1CC(C)N. The molecule has 12 heavy (non-hydrogen) atoms. The van der Waals surface area contributed by atoms with Gasteiger partial charge in [0.25, 0.3) is 0 Å². The number of rotatable bonds is 3. The van der Waals surface area contributed by atoms with Gasteiger partial charge in [0.1, 0.15) is 5.75 Å². The van der Waals surface area contributed by atoms with E-state index in [2.05, 4.69) is 0 Å². The zero-order valence-corrected chi connectivity index (χ0v) is 7.08. The molecule has 0 aliphatic rings. The van der Waals surface area contributed by atoms with Crippen LogP contribution in [0.25, 0.3) is 0 Å². The predicted molar refractivity (Wildman–Crippen MR) is 50.3 cm³/mol. The average Bonchev–Trinajstić information content (AvgIpc) is 2.05. The Hall–Kier alpha value is -1.02. The van der Waals surface area contributed by atoms with Crippen molar-refractivity contribution < 1.29 is 8.85 Å². The largest absolute Gasteiger partial charge is 0.496 e. The van der Waals surface area contributed by atoms with E-state index in [1.807, 2.05) is 19.1 Å². The summed E-state index contributed by atoms with van der Waals surface area (Å²) in [6, 6.07) is 7.02. The summed E-state index contributed by atoms with van der Waals surface area (Å²) in [7, 11) is -2.41. The van der Waals surface area contributed by atoms with Gasteiger partial charge in [-0.2, -0.15) is 0 Å². The number of methoxy groups -OCH3 is 1. The van der Waals surface area contributed by atoms with Crippen LogP contribution in [0.1, 0.15) is 16.6 Å². The highest BCUT2D eigenvalue weighted by atomic mass is 16.5. The van der Waals surface area contributed by atoms with E-state index in [9.17, 15) is 0 Å². The van der Waals surface area contributed by atoms with Gasteiger partial charge in [-0.05, 0) is 25.0 Å². The van der Waals surface area contributed by atoms with Crippen molar-refractivity contribution in [2.24, 2.45) is 5.73 Å². The molecule has 2 N–H and O–H groups in total. The first kappa shape index (κ1) is 5.60. The van der Waals surface area contributed by atoms with Crippen molar-refractivity contribution >= 4 is 0 Å². The summed E-state index contributed by atoms with van der Waals surface area (Å²) in [4.78, 5) is 0. The van der Waals surface area contributed by atoms with Crippen molar-refractivity contribution in [2.75, 3.05) is 7.04 Å². The molecule has 0 amide bonds. The number of hydrogen-bond donors (Lipinski definition) is 1. The number of nitrogens with two attached hydrogens (primary N) is 1. The third kappa shape index (κ3) is 2.24. The number of benzene rings is 1. The summed E-state index contributed by atoms with van der Waals surface area (Å²) in [5.41, 5.74) is 6.48. The second-order valence-corrected chi connectivity index (χ2v) is 2.89. The molecule has 0 aliphatic carbocycles. The van der Waals surface area contributed by atoms with Crippen LogP contribution in [0.4, 0.5) is 0 Å². The van der Waals surface area contributed by atoms with E-state index in [-0.39, 0.29) is 6.04 Å². The highest BCUT2D eigenvalue weighted by molar-refractivity contribution is 5.33. The van der Waals surface area contributed by atoms with Gasteiger partial charge in [0.2, 0.25) is 0 Å². The van der Waals surface area contributed by atoms with Gasteiger partial charge in [0.05, 0.1) is 11.2 Å². The van der Waals surface area contributed by atoms with E-state index >= 15 is 0 Å². The molecule has 0 bridgehead atoms. The first-order valence-corrected chi connectivity index (χ1v) is 3.91. The molecule has 1 rings (SSSR count). The summed E-state index contributed by atoms with van der Waals surface area (Å²) in [5.74, 6) is 0.384. The van der Waals surface area contributed by atoms with E-state index in [0.717, 1.165) is 5.56 Å². The molecule has 1 atom stereocenters. The molecule has 0 fully saturated rings. The van der Waals surface area contributed by atoms with Gasteiger partial charge in [-0.15, -0.1) is 0 Å². The van der Waals surface area contributed by atoms with Crippen LogP contribution in [0.2, 0.25) is 0 Å². The Balaban J connectivity index is 2.86. The Morgan fingerprint density at radius 2 is 2.33 bits per heavy atom. The van der Waals surface area contributed by atoms with E-state index in [1.54, 1.807) is 12.1 Å². The van der Waals surface area contributed by atoms with Gasteiger partial charge in [-0.3, -0.25) is 0 Å². The van der Waals surface area contributed by atoms with Gasteiger partial charge < -0.3 is 10.5 Å². The van der Waals surface area contributed by atoms with Crippen LogP contribution in [0, 0.1) is 0 Å². The Bertz CT molecular complexity index is 323. The number of ether oxygens (including phenoxy) is 1. The quantitative estimate of drug-likeness (QED) is 0.743. The van der Waals surface area contributed by atoms with Crippen molar-refractivity contribution in [3.63, 3.8) is 0 Å². The van der Waals surface area contributed by atoms with E-state index < -0.39 is 7.04 Å². The Kier molecular flexibility index (Phi) is 1.92. The van der Waals surface area contributed by atoms with Crippen LogP contribution in [-0.2, 0) is 6.42 Å². The first-order valence-electron chi connectivity index (χ1n) is 5.41. The van der Waals surface area contributed by atoms with Gasteiger partial charge in [0.15, 0.2) is 0 Å². The molecule has 2 nitrogen and oxygen atoms in total. The zero-order valence-electron chi connectivity index (χ0n) is 10.1. The Morgan fingerprint density at radius 3 is 3.00 bits per heavy atom. The second kappa shape index (κ2) is 4.12. The Morgan fingerprint density at radius 1 is 1.58 bits per heavy atom. The topological polar surface area (TPSA) is 35.2 Å². The molecular formula is C10H15NO. The van der Waals surface area contributed by atoms with Crippen molar-refractivity contribution in [1.82, 2.24) is 0 Å². The van der Waals surface area contributed by atoms with Crippen LogP contribution < -0.4 is 10.5 Å². The van der Waals surface area contributed by atoms with E-state index in [1.165, 1.54) is 0 Å². The molecule has 1 aromatic carbocycles. The maximum Gasteiger partial charge on any atom is 0.122 e. The lowest BCUT2D eigenvalue weighted by Gasteiger charge is -2.09. The molecule has 0 aliphatic heterocycles. The minimum absolute atomic E-state index is 0.0219. The lowest BCUT2D eigenvalue weighted by atomic mass is 10.1. The molecule has 0 saturated carbocycles. The second-order valence-electron chi connectivity index (χ2n) is 2.89. The standard InChI is InChI=1S/C10H15NO/c1-8(11)7-9-5-3-4-6-10(9)12-2/h3-6,8H,7,11H2,1-2H3/i2D3. The smallest absolute Gasteiger partial charge is 0.122 e. The monoisotopic (exact) mass is 168 g/mol. The van der Waals surface area contributed by atoms with Gasteiger partial charge in [-0.25, -0.2) is 0 Å². The molecule has 0 heterocycles.